The third-order valence-corrected chi connectivity index (χ3v) is 10.3. The molecule has 0 unspecified atom stereocenters. The Morgan fingerprint density at radius 3 is 2.41 bits per heavy atom. The average Bonchev–Trinajstić information content (AvgIpc) is 3.44. The first kappa shape index (κ1) is 19.7. The molecule has 0 amide bonds. The van der Waals surface area contributed by atoms with Gasteiger partial charge >= 0.3 is 5.70 Å². The van der Waals surface area contributed by atoms with E-state index >= 15 is 0 Å². The SMILES string of the molecule is CC[C@]1(NC2CC2)CC[C@H]2[C@@H]3CCC4=C([N+](=O)[O-])C(=O)CC[C@]4(C)[C@H]3CC[C@@]21C. The van der Waals surface area contributed by atoms with E-state index in [1.165, 1.54) is 38.5 Å². The number of ketones is 1. The second kappa shape index (κ2) is 6.38. The molecule has 0 spiro atoms. The zero-order valence-electron chi connectivity index (χ0n) is 18.3. The molecule has 1 N–H and O–H groups in total. The van der Waals surface area contributed by atoms with Crippen molar-refractivity contribution in [2.75, 3.05) is 0 Å². The highest BCUT2D eigenvalue weighted by Crippen LogP contribution is 2.68. The van der Waals surface area contributed by atoms with Crippen molar-refractivity contribution in [1.29, 1.82) is 0 Å². The number of nitro groups is 1. The fourth-order valence-electron chi connectivity index (χ4n) is 8.57. The van der Waals surface area contributed by atoms with E-state index in [1.54, 1.807) is 0 Å². The number of allylic oxidation sites excluding steroid dienone is 1. The van der Waals surface area contributed by atoms with Gasteiger partial charge in [0.2, 0.25) is 5.78 Å². The van der Waals surface area contributed by atoms with Crippen LogP contribution < -0.4 is 5.32 Å². The number of hydrogen-bond donors (Lipinski definition) is 1. The monoisotopic (exact) mass is 400 g/mol. The maximum Gasteiger partial charge on any atom is 0.311 e. The molecular formula is C24H36N2O3. The number of rotatable bonds is 4. The van der Waals surface area contributed by atoms with Crippen molar-refractivity contribution in [1.82, 2.24) is 5.32 Å². The number of Topliss-reactive ketones (excluding diaryl/α,β-unsaturated/α-hetero) is 1. The van der Waals surface area contributed by atoms with Gasteiger partial charge in [0.25, 0.3) is 0 Å². The molecule has 5 aliphatic rings. The summed E-state index contributed by atoms with van der Waals surface area (Å²) < 4.78 is 0. The molecule has 4 saturated carbocycles. The molecule has 160 valence electrons. The topological polar surface area (TPSA) is 72.2 Å². The molecule has 0 bridgehead atoms. The van der Waals surface area contributed by atoms with Crippen LogP contribution in [0.3, 0.4) is 0 Å². The largest absolute Gasteiger partial charge is 0.311 e. The standard InChI is InChI=1S/C24H36N2O3/c1-4-24(25-15-5-6-15)14-10-18-16-7-8-19-21(26(28)29)20(27)11-12-22(19,2)17(16)9-13-23(18,24)3/h15-18,25H,4-14H2,1-3H3/t16-,17+,18+,22-,23+,24+/m1/s1. The van der Waals surface area contributed by atoms with E-state index in [0.29, 0.717) is 29.6 Å². The van der Waals surface area contributed by atoms with Gasteiger partial charge in [-0.25, -0.2) is 0 Å². The number of nitrogens with one attached hydrogen (secondary N) is 1. The Balaban J connectivity index is 1.50. The minimum Gasteiger partial charge on any atom is -0.308 e. The van der Waals surface area contributed by atoms with Gasteiger partial charge in [-0.2, -0.15) is 0 Å². The summed E-state index contributed by atoms with van der Waals surface area (Å²) in [5.74, 6) is 1.63. The second-order valence-electron chi connectivity index (χ2n) is 11.2. The summed E-state index contributed by atoms with van der Waals surface area (Å²) in [4.78, 5) is 23.7. The molecule has 0 aromatic rings. The number of carbonyl (C=O) groups excluding carboxylic acids is 1. The van der Waals surface area contributed by atoms with Crippen LogP contribution in [0, 0.1) is 38.7 Å². The predicted molar refractivity (Wildman–Crippen MR) is 112 cm³/mol. The number of fused-ring (bicyclic) bond motifs is 5. The van der Waals surface area contributed by atoms with E-state index < -0.39 is 0 Å². The van der Waals surface area contributed by atoms with Gasteiger partial charge in [-0.05, 0) is 92.8 Å². The second-order valence-corrected chi connectivity index (χ2v) is 11.2. The molecule has 5 rings (SSSR count). The van der Waals surface area contributed by atoms with Crippen LogP contribution in [0.2, 0.25) is 0 Å². The van der Waals surface area contributed by atoms with Gasteiger partial charge in [0.05, 0.1) is 4.92 Å². The molecule has 29 heavy (non-hydrogen) atoms. The van der Waals surface area contributed by atoms with Crippen LogP contribution in [-0.2, 0) is 4.79 Å². The Bertz CT molecular complexity index is 787. The molecule has 0 saturated heterocycles. The summed E-state index contributed by atoms with van der Waals surface area (Å²) in [6.07, 6.45) is 11.8. The Kier molecular flexibility index (Phi) is 4.34. The van der Waals surface area contributed by atoms with Gasteiger partial charge < -0.3 is 5.32 Å². The Morgan fingerprint density at radius 2 is 1.76 bits per heavy atom. The quantitative estimate of drug-likeness (QED) is 0.531. The summed E-state index contributed by atoms with van der Waals surface area (Å²) in [5, 5.41) is 15.8. The Morgan fingerprint density at radius 1 is 1.03 bits per heavy atom. The van der Waals surface area contributed by atoms with Crippen molar-refractivity contribution < 1.29 is 9.72 Å². The molecular weight excluding hydrogens is 364 g/mol. The maximum absolute atomic E-state index is 12.4. The lowest BCUT2D eigenvalue weighted by Crippen LogP contribution is -2.60. The first-order valence-electron chi connectivity index (χ1n) is 11.9. The van der Waals surface area contributed by atoms with Crippen LogP contribution in [0.15, 0.2) is 11.3 Å². The summed E-state index contributed by atoms with van der Waals surface area (Å²) in [5.41, 5.74) is 1.30. The maximum atomic E-state index is 12.4. The molecule has 0 aliphatic heterocycles. The van der Waals surface area contributed by atoms with Gasteiger partial charge in [0, 0.05) is 23.6 Å². The van der Waals surface area contributed by atoms with E-state index in [2.05, 4.69) is 26.1 Å². The highest BCUT2D eigenvalue weighted by molar-refractivity contribution is 5.95. The van der Waals surface area contributed by atoms with Crippen LogP contribution in [0.5, 0.6) is 0 Å². The molecule has 0 aromatic heterocycles. The van der Waals surface area contributed by atoms with Crippen LogP contribution in [0.25, 0.3) is 0 Å². The normalized spacial score (nSPS) is 46.9. The molecule has 6 atom stereocenters. The van der Waals surface area contributed by atoms with E-state index in [0.717, 1.165) is 37.3 Å². The summed E-state index contributed by atoms with van der Waals surface area (Å²) in [7, 11) is 0. The summed E-state index contributed by atoms with van der Waals surface area (Å²) in [6, 6.07) is 0.730. The van der Waals surface area contributed by atoms with Crippen LogP contribution in [0.4, 0.5) is 0 Å². The molecule has 0 aromatic carbocycles. The zero-order chi connectivity index (χ0) is 20.6. The van der Waals surface area contributed by atoms with E-state index in [-0.39, 0.29) is 27.4 Å². The highest BCUT2D eigenvalue weighted by Gasteiger charge is 2.65. The lowest BCUT2D eigenvalue weighted by molar-refractivity contribution is -0.422. The molecule has 5 aliphatic carbocycles. The zero-order valence-corrected chi connectivity index (χ0v) is 18.3. The van der Waals surface area contributed by atoms with Crippen LogP contribution in [0.1, 0.15) is 91.4 Å². The van der Waals surface area contributed by atoms with Gasteiger partial charge in [0.1, 0.15) is 0 Å². The fourth-order valence-corrected chi connectivity index (χ4v) is 8.57. The van der Waals surface area contributed by atoms with Crippen LogP contribution >= 0.6 is 0 Å². The van der Waals surface area contributed by atoms with E-state index in [9.17, 15) is 14.9 Å². The molecule has 0 radical (unpaired) electrons. The number of carbonyl (C=O) groups is 1. The number of hydrogen-bond acceptors (Lipinski definition) is 4. The van der Waals surface area contributed by atoms with Crippen molar-refractivity contribution in [3.63, 3.8) is 0 Å². The molecule has 5 heteroatoms. The smallest absolute Gasteiger partial charge is 0.308 e. The molecule has 4 fully saturated rings. The van der Waals surface area contributed by atoms with E-state index in [1.807, 2.05) is 0 Å². The summed E-state index contributed by atoms with van der Waals surface area (Å²) >= 11 is 0. The lowest BCUT2D eigenvalue weighted by atomic mass is 9.45. The minimum absolute atomic E-state index is 0.0461. The van der Waals surface area contributed by atoms with Crippen molar-refractivity contribution >= 4 is 5.78 Å². The van der Waals surface area contributed by atoms with Crippen molar-refractivity contribution in [2.45, 2.75) is 103 Å². The average molecular weight is 401 g/mol. The fraction of sp³-hybridized carbons (Fsp3) is 0.875. The van der Waals surface area contributed by atoms with E-state index in [4.69, 9.17) is 0 Å². The predicted octanol–water partition coefficient (Wildman–Crippen LogP) is 5.02. The Labute approximate surface area is 174 Å². The first-order chi connectivity index (χ1) is 13.8. The van der Waals surface area contributed by atoms with Crippen molar-refractivity contribution in [3.8, 4) is 0 Å². The summed E-state index contributed by atoms with van der Waals surface area (Å²) in [6.45, 7) is 7.18. The third-order valence-electron chi connectivity index (χ3n) is 10.3. The third kappa shape index (κ3) is 2.58. The van der Waals surface area contributed by atoms with Gasteiger partial charge in [-0.3, -0.25) is 14.9 Å². The van der Waals surface area contributed by atoms with Gasteiger partial charge in [-0.1, -0.05) is 20.8 Å². The van der Waals surface area contributed by atoms with Crippen molar-refractivity contribution in [3.05, 3.63) is 21.4 Å². The van der Waals surface area contributed by atoms with Crippen LogP contribution in [-0.4, -0.2) is 22.3 Å². The van der Waals surface area contributed by atoms with Gasteiger partial charge in [0.15, 0.2) is 0 Å². The lowest BCUT2D eigenvalue weighted by Gasteiger charge is -2.60. The number of nitrogens with zero attached hydrogens (tertiary/aromatic N) is 1. The highest BCUT2D eigenvalue weighted by atomic mass is 16.6. The molecule has 5 nitrogen and oxygen atoms in total. The Hall–Kier alpha value is -1.23. The minimum atomic E-state index is -0.375. The first-order valence-corrected chi connectivity index (χ1v) is 11.9. The van der Waals surface area contributed by atoms with Crippen molar-refractivity contribution in [2.24, 2.45) is 28.6 Å². The van der Waals surface area contributed by atoms with Gasteiger partial charge in [-0.15, -0.1) is 0 Å². The molecule has 0 heterocycles.